The Hall–Kier alpha value is -1.30. The fourth-order valence-electron chi connectivity index (χ4n) is 2.64. The van der Waals surface area contributed by atoms with E-state index in [9.17, 15) is 4.79 Å². The lowest BCUT2D eigenvalue weighted by molar-refractivity contribution is 0.0963. The monoisotopic (exact) mass is 279 g/mol. The van der Waals surface area contributed by atoms with Crippen LogP contribution in [0, 0.1) is 0 Å². The van der Waals surface area contributed by atoms with Gasteiger partial charge in [0.25, 0.3) is 0 Å². The van der Waals surface area contributed by atoms with Crippen LogP contribution in [0.25, 0.3) is 0 Å². The largest absolute Gasteiger partial charge is 0.480 e. The molecule has 0 bridgehead atoms. The van der Waals surface area contributed by atoms with Crippen molar-refractivity contribution in [3.63, 3.8) is 0 Å². The predicted molar refractivity (Wildman–Crippen MR) is 74.3 cm³/mol. The molecule has 0 N–H and O–H groups in total. The molecular formula is C13H17N3O2S. The van der Waals surface area contributed by atoms with E-state index in [4.69, 9.17) is 4.74 Å². The summed E-state index contributed by atoms with van der Waals surface area (Å²) < 4.78 is 5.30. The second kappa shape index (κ2) is 4.67. The fraction of sp³-hybridized carbons (Fsp3) is 0.615. The minimum Gasteiger partial charge on any atom is -0.480 e. The molecule has 0 radical (unpaired) electrons. The first-order valence-corrected chi connectivity index (χ1v) is 7.69. The number of hydrogen-bond donors (Lipinski definition) is 0. The van der Waals surface area contributed by atoms with Gasteiger partial charge in [0, 0.05) is 18.5 Å². The van der Waals surface area contributed by atoms with Gasteiger partial charge in [-0.2, -0.15) is 4.98 Å². The van der Waals surface area contributed by atoms with Gasteiger partial charge < -0.3 is 9.64 Å². The number of rotatable bonds is 3. The number of fused-ring (bicyclic) bond motifs is 1. The van der Waals surface area contributed by atoms with Gasteiger partial charge in [0.05, 0.1) is 7.11 Å². The Kier molecular flexibility index (Phi) is 3.12. The van der Waals surface area contributed by atoms with E-state index in [1.165, 1.54) is 24.6 Å². The molecule has 1 atom stereocenters. The molecule has 0 saturated heterocycles. The van der Waals surface area contributed by atoms with Crippen molar-refractivity contribution in [1.82, 2.24) is 9.97 Å². The Morgan fingerprint density at radius 1 is 1.37 bits per heavy atom. The number of nitrogens with zero attached hydrogens (tertiary/aromatic N) is 3. The number of thioether (sulfide) groups is 1. The molecule has 0 spiro atoms. The zero-order valence-electron chi connectivity index (χ0n) is 11.3. The van der Waals surface area contributed by atoms with Crippen LogP contribution in [0.2, 0.25) is 0 Å². The molecule has 2 heterocycles. The van der Waals surface area contributed by atoms with E-state index < -0.39 is 0 Å². The summed E-state index contributed by atoms with van der Waals surface area (Å²) in [5.74, 6) is 1.27. The van der Waals surface area contributed by atoms with E-state index in [0.717, 1.165) is 5.82 Å². The molecule has 1 aliphatic carbocycles. The smallest absolute Gasteiger partial charge is 0.230 e. The van der Waals surface area contributed by atoms with Crippen LogP contribution in [0.1, 0.15) is 36.5 Å². The highest BCUT2D eigenvalue weighted by Gasteiger charge is 2.41. The van der Waals surface area contributed by atoms with Gasteiger partial charge in [0.2, 0.25) is 5.88 Å². The van der Waals surface area contributed by atoms with Gasteiger partial charge in [-0.05, 0) is 26.0 Å². The highest BCUT2D eigenvalue weighted by atomic mass is 32.2. The molecule has 5 nitrogen and oxygen atoms in total. The molecule has 6 heteroatoms. The van der Waals surface area contributed by atoms with Gasteiger partial charge in [-0.3, -0.25) is 4.79 Å². The average molecular weight is 279 g/mol. The molecule has 1 aromatic heterocycles. The van der Waals surface area contributed by atoms with Crippen LogP contribution in [-0.4, -0.2) is 41.2 Å². The molecule has 1 saturated carbocycles. The van der Waals surface area contributed by atoms with Crippen molar-refractivity contribution in [2.24, 2.45) is 0 Å². The first kappa shape index (κ1) is 12.7. The number of anilines is 1. The van der Waals surface area contributed by atoms with Crippen LogP contribution < -0.4 is 9.64 Å². The summed E-state index contributed by atoms with van der Waals surface area (Å²) in [6.07, 6.45) is 4.80. The first-order valence-electron chi connectivity index (χ1n) is 6.47. The Morgan fingerprint density at radius 2 is 2.11 bits per heavy atom. The number of aromatic nitrogens is 2. The lowest BCUT2D eigenvalue weighted by atomic mass is 9.99. The summed E-state index contributed by atoms with van der Waals surface area (Å²) in [5, 5.41) is 0.656. The zero-order valence-corrected chi connectivity index (χ0v) is 12.2. The van der Waals surface area contributed by atoms with Crippen molar-refractivity contribution in [2.75, 3.05) is 18.3 Å². The number of hydrogen-bond acceptors (Lipinski definition) is 6. The molecular weight excluding hydrogens is 262 g/mol. The van der Waals surface area contributed by atoms with Crippen LogP contribution in [0.3, 0.4) is 0 Å². The summed E-state index contributed by atoms with van der Waals surface area (Å²) in [6.45, 7) is 2.09. The van der Waals surface area contributed by atoms with Crippen molar-refractivity contribution in [1.29, 1.82) is 0 Å². The number of ketones is 1. The summed E-state index contributed by atoms with van der Waals surface area (Å²) in [7, 11) is 1.56. The lowest BCUT2D eigenvalue weighted by Crippen LogP contribution is -2.42. The van der Waals surface area contributed by atoms with E-state index in [1.807, 2.05) is 6.26 Å². The molecule has 102 valence electrons. The molecule has 0 amide bonds. The maximum absolute atomic E-state index is 12.3. The Bertz CT molecular complexity index is 531. The summed E-state index contributed by atoms with van der Waals surface area (Å²) in [6, 6.07) is 0.734. The quantitative estimate of drug-likeness (QED) is 0.624. The number of carbonyl (C=O) groups is 1. The summed E-state index contributed by atoms with van der Waals surface area (Å²) >= 11 is 1.47. The average Bonchev–Trinajstić information content (AvgIpc) is 3.21. The minimum absolute atomic E-state index is 0.0869. The molecule has 19 heavy (non-hydrogen) atoms. The number of Topliss-reactive ketones (excluding diaryl/α,β-unsaturated/α-hetero) is 1. The van der Waals surface area contributed by atoms with Crippen molar-refractivity contribution in [3.8, 4) is 5.88 Å². The van der Waals surface area contributed by atoms with Gasteiger partial charge >= 0.3 is 0 Å². The third-order valence-corrected chi connectivity index (χ3v) is 4.18. The highest BCUT2D eigenvalue weighted by molar-refractivity contribution is 7.98. The zero-order chi connectivity index (χ0) is 13.6. The SMILES string of the molecule is COc1nc(SC)nc2c1C(=O)CC(C)N2C1CC1. The maximum atomic E-state index is 12.3. The van der Waals surface area contributed by atoms with Gasteiger partial charge in [-0.25, -0.2) is 4.98 Å². The van der Waals surface area contributed by atoms with Crippen LogP contribution >= 0.6 is 11.8 Å². The fourth-order valence-corrected chi connectivity index (χ4v) is 2.99. The molecule has 0 aromatic carbocycles. The third kappa shape index (κ3) is 2.08. The normalized spacial score (nSPS) is 22.4. The topological polar surface area (TPSA) is 55.3 Å². The second-order valence-corrected chi connectivity index (χ2v) is 5.81. The van der Waals surface area contributed by atoms with E-state index in [2.05, 4.69) is 21.8 Å². The number of ether oxygens (including phenoxy) is 1. The molecule has 1 unspecified atom stereocenters. The van der Waals surface area contributed by atoms with Gasteiger partial charge in [-0.1, -0.05) is 11.8 Å². The van der Waals surface area contributed by atoms with Gasteiger partial charge in [0.1, 0.15) is 11.4 Å². The molecule has 1 aromatic rings. The van der Waals surface area contributed by atoms with E-state index in [0.29, 0.717) is 29.1 Å². The van der Waals surface area contributed by atoms with Crippen LogP contribution in [0.4, 0.5) is 5.82 Å². The van der Waals surface area contributed by atoms with Crippen LogP contribution in [0.5, 0.6) is 5.88 Å². The number of carbonyl (C=O) groups excluding carboxylic acids is 1. The van der Waals surface area contributed by atoms with E-state index >= 15 is 0 Å². The second-order valence-electron chi connectivity index (χ2n) is 5.03. The van der Waals surface area contributed by atoms with E-state index in [-0.39, 0.29) is 11.8 Å². The predicted octanol–water partition coefficient (Wildman–Crippen LogP) is 2.15. The summed E-state index contributed by atoms with van der Waals surface area (Å²) in [5.41, 5.74) is 0.560. The molecule has 1 aliphatic heterocycles. The Labute approximate surface area is 116 Å². The van der Waals surface area contributed by atoms with Gasteiger partial charge in [-0.15, -0.1) is 0 Å². The molecule has 2 aliphatic rings. The lowest BCUT2D eigenvalue weighted by Gasteiger charge is -2.35. The molecule has 3 rings (SSSR count). The molecule has 1 fully saturated rings. The third-order valence-electron chi connectivity index (χ3n) is 3.63. The van der Waals surface area contributed by atoms with Crippen molar-refractivity contribution in [3.05, 3.63) is 5.56 Å². The highest BCUT2D eigenvalue weighted by Crippen LogP contribution is 2.41. The van der Waals surface area contributed by atoms with Crippen molar-refractivity contribution < 1.29 is 9.53 Å². The van der Waals surface area contributed by atoms with Crippen LogP contribution in [0.15, 0.2) is 5.16 Å². The first-order chi connectivity index (χ1) is 9.15. The van der Waals surface area contributed by atoms with Gasteiger partial charge in [0.15, 0.2) is 10.9 Å². The summed E-state index contributed by atoms with van der Waals surface area (Å²) in [4.78, 5) is 23.4. The van der Waals surface area contributed by atoms with E-state index in [1.54, 1.807) is 7.11 Å². The Morgan fingerprint density at radius 3 is 2.68 bits per heavy atom. The van der Waals surface area contributed by atoms with Crippen molar-refractivity contribution >= 4 is 23.4 Å². The number of methoxy groups -OCH3 is 1. The standard InChI is InChI=1S/C13H17N3O2S/c1-7-6-9(17)10-11(16(7)8-4-5-8)14-13(19-3)15-12(10)18-2/h7-8H,4-6H2,1-3H3. The van der Waals surface area contributed by atoms with Crippen LogP contribution in [-0.2, 0) is 0 Å². The minimum atomic E-state index is 0.0869. The van der Waals surface area contributed by atoms with Crippen molar-refractivity contribution in [2.45, 2.75) is 43.4 Å². The Balaban J connectivity index is 2.17. The maximum Gasteiger partial charge on any atom is 0.230 e.